The van der Waals surface area contributed by atoms with Crippen LogP contribution in [0.2, 0.25) is 0 Å². The lowest BCUT2D eigenvalue weighted by molar-refractivity contribution is 0.140. The highest BCUT2D eigenvalue weighted by Gasteiger charge is 2.26. The molecule has 2 nitrogen and oxygen atoms in total. The summed E-state index contributed by atoms with van der Waals surface area (Å²) in [5.41, 5.74) is 9.40. The molecule has 1 fully saturated rings. The molecule has 0 amide bonds. The van der Waals surface area contributed by atoms with E-state index in [1.807, 2.05) is 12.1 Å². The second kappa shape index (κ2) is 4.83. The van der Waals surface area contributed by atoms with Gasteiger partial charge in [-0.3, -0.25) is 4.90 Å². The summed E-state index contributed by atoms with van der Waals surface area (Å²) >= 11 is 0. The minimum absolute atomic E-state index is 0.350. The molecule has 2 aromatic carbocycles. The largest absolute Gasteiger partial charge is 0.399 e. The van der Waals surface area contributed by atoms with E-state index >= 15 is 0 Å². The van der Waals surface area contributed by atoms with Crippen LogP contribution in [0.5, 0.6) is 0 Å². The smallest absolute Gasteiger partial charge is 0.0602 e. The van der Waals surface area contributed by atoms with Crippen molar-refractivity contribution in [1.29, 1.82) is 0 Å². The van der Waals surface area contributed by atoms with Gasteiger partial charge in [0, 0.05) is 18.8 Å². The first-order valence-electron chi connectivity index (χ1n) is 6.49. The molecule has 0 spiro atoms. The Balaban J connectivity index is 2.00. The molecule has 92 valence electrons. The van der Waals surface area contributed by atoms with E-state index in [2.05, 4.69) is 47.4 Å². The molecular weight excluding hydrogens is 220 g/mol. The van der Waals surface area contributed by atoms with Gasteiger partial charge < -0.3 is 5.73 Å². The normalized spacial score (nSPS) is 17.1. The van der Waals surface area contributed by atoms with Gasteiger partial charge in [-0.05, 0) is 29.7 Å². The number of hydrogen-bond donors (Lipinski definition) is 1. The summed E-state index contributed by atoms with van der Waals surface area (Å²) in [6.45, 7) is 2.35. The van der Waals surface area contributed by atoms with E-state index in [0.29, 0.717) is 6.04 Å². The quantitative estimate of drug-likeness (QED) is 0.833. The Hall–Kier alpha value is -1.80. The number of hydrogen-bond acceptors (Lipinski definition) is 2. The van der Waals surface area contributed by atoms with Crippen molar-refractivity contribution in [3.05, 3.63) is 65.7 Å². The Morgan fingerprint density at radius 3 is 2.22 bits per heavy atom. The van der Waals surface area contributed by atoms with Gasteiger partial charge >= 0.3 is 0 Å². The third-order valence-electron chi connectivity index (χ3n) is 3.60. The minimum atomic E-state index is 0.350. The zero-order chi connectivity index (χ0) is 12.4. The van der Waals surface area contributed by atoms with Gasteiger partial charge in [0.25, 0.3) is 0 Å². The van der Waals surface area contributed by atoms with E-state index in [4.69, 9.17) is 5.73 Å². The van der Waals surface area contributed by atoms with Crippen LogP contribution in [0.25, 0.3) is 0 Å². The summed E-state index contributed by atoms with van der Waals surface area (Å²) in [6.07, 6.45) is 1.30. The van der Waals surface area contributed by atoms with Crippen LogP contribution >= 0.6 is 0 Å². The molecule has 0 radical (unpaired) electrons. The van der Waals surface area contributed by atoms with E-state index in [0.717, 1.165) is 5.69 Å². The Bertz CT molecular complexity index is 518. The number of benzene rings is 2. The van der Waals surface area contributed by atoms with Crippen LogP contribution in [0.3, 0.4) is 0 Å². The van der Waals surface area contributed by atoms with Crippen molar-refractivity contribution < 1.29 is 0 Å². The summed E-state index contributed by atoms with van der Waals surface area (Å²) in [5, 5.41) is 0. The molecule has 2 heteroatoms. The fraction of sp³-hybridized carbons (Fsp3) is 0.250. The molecule has 0 saturated carbocycles. The fourth-order valence-electron chi connectivity index (χ4n) is 2.58. The minimum Gasteiger partial charge on any atom is -0.399 e. The number of rotatable bonds is 3. The number of anilines is 1. The molecule has 1 unspecified atom stereocenters. The van der Waals surface area contributed by atoms with Crippen LogP contribution in [0.4, 0.5) is 5.69 Å². The summed E-state index contributed by atoms with van der Waals surface area (Å²) in [4.78, 5) is 2.50. The van der Waals surface area contributed by atoms with Gasteiger partial charge in [-0.1, -0.05) is 42.5 Å². The number of nitrogens with two attached hydrogens (primary N) is 1. The molecule has 18 heavy (non-hydrogen) atoms. The molecule has 2 aromatic rings. The molecule has 1 aliphatic heterocycles. The summed E-state index contributed by atoms with van der Waals surface area (Å²) in [5.74, 6) is 0. The maximum atomic E-state index is 5.92. The van der Waals surface area contributed by atoms with Crippen LogP contribution in [0.15, 0.2) is 54.6 Å². The second-order valence-corrected chi connectivity index (χ2v) is 4.87. The SMILES string of the molecule is Nc1cccc(C(c2ccccc2)N2CCC2)c1. The highest BCUT2D eigenvalue weighted by atomic mass is 15.2. The first-order valence-corrected chi connectivity index (χ1v) is 6.49. The summed E-state index contributed by atoms with van der Waals surface area (Å²) in [7, 11) is 0. The van der Waals surface area contributed by atoms with Crippen LogP contribution in [-0.2, 0) is 0 Å². The molecule has 0 aliphatic carbocycles. The highest BCUT2D eigenvalue weighted by molar-refractivity contribution is 5.44. The van der Waals surface area contributed by atoms with Crippen molar-refractivity contribution in [2.24, 2.45) is 0 Å². The van der Waals surface area contributed by atoms with Gasteiger partial charge in [0.2, 0.25) is 0 Å². The number of likely N-dealkylation sites (tertiary alicyclic amines) is 1. The molecule has 3 rings (SSSR count). The third kappa shape index (κ3) is 2.12. The summed E-state index contributed by atoms with van der Waals surface area (Å²) < 4.78 is 0. The van der Waals surface area contributed by atoms with Crippen molar-refractivity contribution in [1.82, 2.24) is 4.90 Å². The predicted octanol–water partition coefficient (Wildman–Crippen LogP) is 3.06. The van der Waals surface area contributed by atoms with E-state index < -0.39 is 0 Å². The third-order valence-corrected chi connectivity index (χ3v) is 3.60. The van der Waals surface area contributed by atoms with Gasteiger partial charge in [0.15, 0.2) is 0 Å². The maximum Gasteiger partial charge on any atom is 0.0602 e. The first-order chi connectivity index (χ1) is 8.84. The predicted molar refractivity (Wildman–Crippen MR) is 75.3 cm³/mol. The van der Waals surface area contributed by atoms with E-state index in [1.165, 1.54) is 30.6 Å². The molecule has 0 bridgehead atoms. The van der Waals surface area contributed by atoms with Crippen LogP contribution < -0.4 is 5.73 Å². The molecule has 1 saturated heterocycles. The standard InChI is InChI=1S/C16H18N2/c17-15-9-4-8-14(12-15)16(18-10-5-11-18)13-6-2-1-3-7-13/h1-4,6-9,12,16H,5,10-11,17H2. The Kier molecular flexibility index (Phi) is 3.03. The van der Waals surface area contributed by atoms with Gasteiger partial charge in [-0.2, -0.15) is 0 Å². The van der Waals surface area contributed by atoms with Gasteiger partial charge in [0.05, 0.1) is 6.04 Å². The van der Waals surface area contributed by atoms with Crippen molar-refractivity contribution in [2.75, 3.05) is 18.8 Å². The van der Waals surface area contributed by atoms with Crippen LogP contribution in [-0.4, -0.2) is 18.0 Å². The average molecular weight is 238 g/mol. The monoisotopic (exact) mass is 238 g/mol. The molecule has 1 aliphatic rings. The molecule has 1 heterocycles. The van der Waals surface area contributed by atoms with E-state index in [9.17, 15) is 0 Å². The highest BCUT2D eigenvalue weighted by Crippen LogP contribution is 2.32. The first kappa shape index (κ1) is 11.3. The molecule has 0 aromatic heterocycles. The van der Waals surface area contributed by atoms with Gasteiger partial charge in [0.1, 0.15) is 0 Å². The molecule has 2 N–H and O–H groups in total. The number of nitrogen functional groups attached to an aromatic ring is 1. The van der Waals surface area contributed by atoms with Crippen molar-refractivity contribution in [3.63, 3.8) is 0 Å². The molecular formula is C16H18N2. The van der Waals surface area contributed by atoms with Crippen molar-refractivity contribution in [2.45, 2.75) is 12.5 Å². The van der Waals surface area contributed by atoms with Gasteiger partial charge in [-0.15, -0.1) is 0 Å². The van der Waals surface area contributed by atoms with Crippen molar-refractivity contribution in [3.8, 4) is 0 Å². The lowest BCUT2D eigenvalue weighted by Gasteiger charge is -2.39. The summed E-state index contributed by atoms with van der Waals surface area (Å²) in [6, 6.07) is 19.3. The maximum absolute atomic E-state index is 5.92. The van der Waals surface area contributed by atoms with Crippen molar-refractivity contribution >= 4 is 5.69 Å². The van der Waals surface area contributed by atoms with Crippen LogP contribution in [0, 0.1) is 0 Å². The average Bonchev–Trinajstić information content (AvgIpc) is 2.34. The molecule has 1 atom stereocenters. The van der Waals surface area contributed by atoms with E-state index in [-0.39, 0.29) is 0 Å². The zero-order valence-corrected chi connectivity index (χ0v) is 10.4. The van der Waals surface area contributed by atoms with Crippen LogP contribution in [0.1, 0.15) is 23.6 Å². The topological polar surface area (TPSA) is 29.3 Å². The Labute approximate surface area is 108 Å². The van der Waals surface area contributed by atoms with Gasteiger partial charge in [-0.25, -0.2) is 0 Å². The zero-order valence-electron chi connectivity index (χ0n) is 10.4. The second-order valence-electron chi connectivity index (χ2n) is 4.87. The fourth-order valence-corrected chi connectivity index (χ4v) is 2.58. The lowest BCUT2D eigenvalue weighted by atomic mass is 9.94. The lowest BCUT2D eigenvalue weighted by Crippen LogP contribution is -2.40. The van der Waals surface area contributed by atoms with E-state index in [1.54, 1.807) is 0 Å². The Morgan fingerprint density at radius 1 is 0.889 bits per heavy atom. The number of nitrogens with zero attached hydrogens (tertiary/aromatic N) is 1. The Morgan fingerprint density at radius 2 is 1.61 bits per heavy atom.